The Morgan fingerprint density at radius 2 is 2.12 bits per heavy atom. The van der Waals surface area contributed by atoms with Gasteiger partial charge in [-0.15, -0.1) is 18.2 Å². The number of hydrogen-bond acceptors (Lipinski definition) is 3. The molecule has 4 heteroatoms. The summed E-state index contributed by atoms with van der Waals surface area (Å²) in [4.78, 5) is 0. The molecule has 2 rings (SSSR count). The smallest absolute Gasteiger partial charge is 0.231 e. The second-order valence-corrected chi connectivity index (χ2v) is 3.72. The van der Waals surface area contributed by atoms with Gasteiger partial charge in [-0.05, 0) is 12.5 Å². The molecule has 0 spiro atoms. The maximum atomic E-state index is 5.60. The number of ether oxygens (including phenoxy) is 3. The van der Waals surface area contributed by atoms with E-state index in [4.69, 9.17) is 25.8 Å². The molecule has 1 heterocycles. The zero-order valence-corrected chi connectivity index (χ0v) is 9.63. The van der Waals surface area contributed by atoms with E-state index < -0.39 is 0 Å². The van der Waals surface area contributed by atoms with Crippen molar-refractivity contribution in [2.45, 2.75) is 6.42 Å². The molecule has 1 aromatic rings. The Kier molecular flexibility index (Phi) is 3.57. The molecule has 3 nitrogen and oxygen atoms in total. The quantitative estimate of drug-likeness (QED) is 0.585. The lowest BCUT2D eigenvalue weighted by atomic mass is 10.1. The second kappa shape index (κ2) is 5.12. The number of benzene rings is 1. The van der Waals surface area contributed by atoms with E-state index in [1.54, 1.807) is 0 Å². The molecule has 86 valence electrons. The van der Waals surface area contributed by atoms with Gasteiger partial charge in [0.1, 0.15) is 12.4 Å². The SMILES string of the molecule is C=CCc1cc2c(cc1OCCCl)OCO2. The van der Waals surface area contributed by atoms with Gasteiger partial charge in [0.05, 0.1) is 5.88 Å². The molecule has 0 N–H and O–H groups in total. The fraction of sp³-hybridized carbons (Fsp3) is 0.333. The average Bonchev–Trinajstić information content (AvgIpc) is 2.73. The van der Waals surface area contributed by atoms with Gasteiger partial charge in [0.2, 0.25) is 6.79 Å². The molecule has 0 radical (unpaired) electrons. The van der Waals surface area contributed by atoms with Crippen molar-refractivity contribution in [3.05, 3.63) is 30.4 Å². The van der Waals surface area contributed by atoms with Crippen molar-refractivity contribution in [3.63, 3.8) is 0 Å². The predicted molar refractivity (Wildman–Crippen MR) is 62.7 cm³/mol. The maximum Gasteiger partial charge on any atom is 0.231 e. The fourth-order valence-corrected chi connectivity index (χ4v) is 1.64. The Labute approximate surface area is 99.6 Å². The van der Waals surface area contributed by atoms with E-state index in [1.807, 2.05) is 18.2 Å². The van der Waals surface area contributed by atoms with Crippen molar-refractivity contribution in [2.75, 3.05) is 19.3 Å². The third-order valence-electron chi connectivity index (χ3n) is 2.25. The van der Waals surface area contributed by atoms with Crippen LogP contribution >= 0.6 is 11.6 Å². The van der Waals surface area contributed by atoms with Crippen LogP contribution in [-0.2, 0) is 6.42 Å². The van der Waals surface area contributed by atoms with Crippen LogP contribution in [0.1, 0.15) is 5.56 Å². The highest BCUT2D eigenvalue weighted by Gasteiger charge is 2.17. The van der Waals surface area contributed by atoms with Crippen molar-refractivity contribution >= 4 is 11.6 Å². The van der Waals surface area contributed by atoms with E-state index in [-0.39, 0.29) is 6.79 Å². The minimum absolute atomic E-state index is 0.266. The van der Waals surface area contributed by atoms with Crippen LogP contribution in [0.2, 0.25) is 0 Å². The first-order valence-electron chi connectivity index (χ1n) is 5.07. The molecular weight excluding hydrogens is 228 g/mol. The van der Waals surface area contributed by atoms with Gasteiger partial charge in [-0.2, -0.15) is 0 Å². The minimum Gasteiger partial charge on any atom is -0.492 e. The molecule has 0 bridgehead atoms. The highest BCUT2D eigenvalue weighted by atomic mass is 35.5. The molecule has 1 aromatic carbocycles. The van der Waals surface area contributed by atoms with Gasteiger partial charge >= 0.3 is 0 Å². The number of fused-ring (bicyclic) bond motifs is 1. The number of rotatable bonds is 5. The van der Waals surface area contributed by atoms with Crippen LogP contribution in [0.15, 0.2) is 24.8 Å². The molecule has 1 aliphatic heterocycles. The molecule has 0 unspecified atom stereocenters. The summed E-state index contributed by atoms with van der Waals surface area (Å²) >= 11 is 5.60. The van der Waals surface area contributed by atoms with Crippen molar-refractivity contribution in [2.24, 2.45) is 0 Å². The Balaban J connectivity index is 2.28. The molecule has 0 fully saturated rings. The molecule has 0 aliphatic carbocycles. The van der Waals surface area contributed by atoms with Gasteiger partial charge < -0.3 is 14.2 Å². The Morgan fingerprint density at radius 1 is 1.38 bits per heavy atom. The van der Waals surface area contributed by atoms with Crippen LogP contribution in [0.25, 0.3) is 0 Å². The highest BCUT2D eigenvalue weighted by Crippen LogP contribution is 2.38. The zero-order valence-electron chi connectivity index (χ0n) is 8.87. The van der Waals surface area contributed by atoms with Gasteiger partial charge in [-0.3, -0.25) is 0 Å². The standard InChI is InChI=1S/C12H13ClO3/c1-2-3-9-6-11-12(16-8-15-11)7-10(9)14-5-4-13/h2,6-7H,1,3-5,8H2. The topological polar surface area (TPSA) is 27.7 Å². The van der Waals surface area contributed by atoms with Crippen LogP contribution in [0, 0.1) is 0 Å². The Morgan fingerprint density at radius 3 is 2.81 bits per heavy atom. The first kappa shape index (κ1) is 11.1. The van der Waals surface area contributed by atoms with E-state index in [9.17, 15) is 0 Å². The molecule has 0 aromatic heterocycles. The molecule has 16 heavy (non-hydrogen) atoms. The van der Waals surface area contributed by atoms with E-state index in [1.165, 1.54) is 0 Å². The Hall–Kier alpha value is -1.35. The van der Waals surface area contributed by atoms with Gasteiger partial charge in [-0.1, -0.05) is 6.08 Å². The summed E-state index contributed by atoms with van der Waals surface area (Å²) in [6, 6.07) is 3.77. The van der Waals surface area contributed by atoms with Gasteiger partial charge in [0, 0.05) is 11.6 Å². The summed E-state index contributed by atoms with van der Waals surface area (Å²) in [6.07, 6.45) is 2.55. The van der Waals surface area contributed by atoms with Crippen molar-refractivity contribution in [1.82, 2.24) is 0 Å². The predicted octanol–water partition coefficient (Wildman–Crippen LogP) is 2.76. The van der Waals surface area contributed by atoms with E-state index in [0.717, 1.165) is 29.2 Å². The van der Waals surface area contributed by atoms with E-state index >= 15 is 0 Å². The summed E-state index contributed by atoms with van der Waals surface area (Å²) in [5.41, 5.74) is 1.03. The first-order chi connectivity index (χ1) is 7.85. The van der Waals surface area contributed by atoms with Crippen LogP contribution in [0.4, 0.5) is 0 Å². The lowest BCUT2D eigenvalue weighted by Crippen LogP contribution is -2.01. The number of hydrogen-bond donors (Lipinski definition) is 0. The number of alkyl halides is 1. The van der Waals surface area contributed by atoms with Crippen LogP contribution < -0.4 is 14.2 Å². The normalized spacial score (nSPS) is 12.6. The summed E-state index contributed by atoms with van der Waals surface area (Å²) in [5, 5.41) is 0. The lowest BCUT2D eigenvalue weighted by molar-refractivity contribution is 0.174. The molecule has 1 aliphatic rings. The first-order valence-corrected chi connectivity index (χ1v) is 5.60. The summed E-state index contributed by atoms with van der Waals surface area (Å²) in [6.45, 7) is 4.46. The molecule has 0 saturated carbocycles. The van der Waals surface area contributed by atoms with Crippen LogP contribution in [0.5, 0.6) is 17.2 Å². The maximum absolute atomic E-state index is 5.60. The average molecular weight is 241 g/mol. The van der Waals surface area contributed by atoms with E-state index in [0.29, 0.717) is 12.5 Å². The van der Waals surface area contributed by atoms with Crippen LogP contribution in [-0.4, -0.2) is 19.3 Å². The molecule has 0 amide bonds. The summed E-state index contributed by atoms with van der Waals surface area (Å²) in [5.74, 6) is 2.72. The second-order valence-electron chi connectivity index (χ2n) is 3.34. The van der Waals surface area contributed by atoms with Gasteiger partial charge in [-0.25, -0.2) is 0 Å². The van der Waals surface area contributed by atoms with Crippen molar-refractivity contribution in [3.8, 4) is 17.2 Å². The zero-order chi connectivity index (χ0) is 11.4. The van der Waals surface area contributed by atoms with Crippen molar-refractivity contribution in [1.29, 1.82) is 0 Å². The third kappa shape index (κ3) is 2.25. The van der Waals surface area contributed by atoms with Crippen LogP contribution in [0.3, 0.4) is 0 Å². The number of allylic oxidation sites excluding steroid dienone is 1. The monoisotopic (exact) mass is 240 g/mol. The fourth-order valence-electron chi connectivity index (χ4n) is 1.56. The number of halogens is 1. The minimum atomic E-state index is 0.266. The highest BCUT2D eigenvalue weighted by molar-refractivity contribution is 6.18. The van der Waals surface area contributed by atoms with E-state index in [2.05, 4.69) is 6.58 Å². The van der Waals surface area contributed by atoms with Gasteiger partial charge in [0.15, 0.2) is 11.5 Å². The molecule has 0 atom stereocenters. The van der Waals surface area contributed by atoms with Crippen molar-refractivity contribution < 1.29 is 14.2 Å². The lowest BCUT2D eigenvalue weighted by Gasteiger charge is -2.10. The third-order valence-corrected chi connectivity index (χ3v) is 2.41. The Bertz CT molecular complexity index is 390. The summed E-state index contributed by atoms with van der Waals surface area (Å²) < 4.78 is 16.1. The van der Waals surface area contributed by atoms with Gasteiger partial charge in [0.25, 0.3) is 0 Å². The summed E-state index contributed by atoms with van der Waals surface area (Å²) in [7, 11) is 0. The molecular formula is C12H13ClO3. The largest absolute Gasteiger partial charge is 0.492 e. The molecule has 0 saturated heterocycles.